The molecule has 0 bridgehead atoms. The summed E-state index contributed by atoms with van der Waals surface area (Å²) >= 11 is 0. The highest BCUT2D eigenvalue weighted by atomic mass is 15.1. The summed E-state index contributed by atoms with van der Waals surface area (Å²) in [5.74, 6) is 1.19. The lowest BCUT2D eigenvalue weighted by Crippen LogP contribution is -2.44. The summed E-state index contributed by atoms with van der Waals surface area (Å²) in [6.07, 6.45) is 3.27. The molecule has 1 aromatic heterocycles. The van der Waals surface area contributed by atoms with Gasteiger partial charge >= 0.3 is 0 Å². The molecule has 5 nitrogen and oxygen atoms in total. The zero-order valence-corrected chi connectivity index (χ0v) is 18.1. The second-order valence-corrected chi connectivity index (χ2v) is 8.18. The number of nitrogens with two attached hydrogens (primary N) is 1. The summed E-state index contributed by atoms with van der Waals surface area (Å²) < 4.78 is 0. The second-order valence-electron chi connectivity index (χ2n) is 8.18. The molecule has 2 aromatic rings. The van der Waals surface area contributed by atoms with Gasteiger partial charge in [0.25, 0.3) is 0 Å². The van der Waals surface area contributed by atoms with Crippen LogP contribution in [0, 0.1) is 12.8 Å². The Bertz CT molecular complexity index is 728. The van der Waals surface area contributed by atoms with E-state index in [0.29, 0.717) is 29.9 Å². The van der Waals surface area contributed by atoms with Crippen LogP contribution in [0.15, 0.2) is 42.5 Å². The van der Waals surface area contributed by atoms with Crippen LogP contribution >= 0.6 is 0 Å². The monoisotopic (exact) mass is 395 g/mol. The Labute approximate surface area is 175 Å². The molecular formula is C24H37N5. The normalized spacial score (nSPS) is 26.2. The minimum Gasteiger partial charge on any atom is -0.384 e. The third-order valence-electron chi connectivity index (χ3n) is 5.85. The molecule has 2 fully saturated rings. The van der Waals surface area contributed by atoms with Gasteiger partial charge < -0.3 is 21.7 Å². The van der Waals surface area contributed by atoms with Crippen molar-refractivity contribution in [3.8, 4) is 0 Å². The predicted molar refractivity (Wildman–Crippen MR) is 122 cm³/mol. The van der Waals surface area contributed by atoms with Crippen LogP contribution in [0.3, 0.4) is 0 Å². The van der Waals surface area contributed by atoms with E-state index in [4.69, 9.17) is 5.73 Å². The summed E-state index contributed by atoms with van der Waals surface area (Å²) in [6.45, 7) is 9.21. The molecule has 3 heterocycles. The number of nitrogen functional groups attached to an aromatic ring is 1. The van der Waals surface area contributed by atoms with Crippen molar-refractivity contribution < 1.29 is 0 Å². The summed E-state index contributed by atoms with van der Waals surface area (Å²) in [7, 11) is 0. The van der Waals surface area contributed by atoms with Crippen LogP contribution in [-0.4, -0.2) is 42.7 Å². The van der Waals surface area contributed by atoms with Crippen molar-refractivity contribution in [3.05, 3.63) is 59.3 Å². The topological polar surface area (TPSA) is 75.0 Å². The first-order chi connectivity index (χ1) is 14.2. The number of nitrogens with zero attached hydrogens (tertiary/aromatic N) is 1. The molecule has 4 rings (SSSR count). The minimum absolute atomic E-state index is 0.496. The smallest absolute Gasteiger partial charge is 0.123 e. The maximum atomic E-state index is 5.93. The van der Waals surface area contributed by atoms with Crippen LogP contribution in [-0.2, 0) is 12.8 Å². The van der Waals surface area contributed by atoms with E-state index >= 15 is 0 Å². The number of nitrogens with one attached hydrogen (secondary N) is 3. The summed E-state index contributed by atoms with van der Waals surface area (Å²) in [5.41, 5.74) is 9.65. The van der Waals surface area contributed by atoms with Crippen molar-refractivity contribution in [1.29, 1.82) is 0 Å². The van der Waals surface area contributed by atoms with Crippen molar-refractivity contribution in [2.45, 2.75) is 58.2 Å². The molecule has 2 aliphatic heterocycles. The van der Waals surface area contributed by atoms with Gasteiger partial charge in [-0.1, -0.05) is 44.2 Å². The highest BCUT2D eigenvalue weighted by Crippen LogP contribution is 2.20. The minimum atomic E-state index is 0.496. The number of aromatic nitrogens is 1. The largest absolute Gasteiger partial charge is 0.384 e. The average Bonchev–Trinajstić information content (AvgIpc) is 3.33. The predicted octanol–water partition coefficient (Wildman–Crippen LogP) is 2.69. The fourth-order valence-corrected chi connectivity index (χ4v) is 4.59. The van der Waals surface area contributed by atoms with Crippen molar-refractivity contribution in [3.63, 3.8) is 0 Å². The van der Waals surface area contributed by atoms with Gasteiger partial charge in [-0.3, -0.25) is 0 Å². The quantitative estimate of drug-likeness (QED) is 0.605. The highest BCUT2D eigenvalue weighted by Gasteiger charge is 2.32. The van der Waals surface area contributed by atoms with E-state index in [1.807, 2.05) is 19.9 Å². The Morgan fingerprint density at radius 2 is 1.86 bits per heavy atom. The van der Waals surface area contributed by atoms with Gasteiger partial charge in [0.15, 0.2) is 0 Å². The van der Waals surface area contributed by atoms with Gasteiger partial charge in [0, 0.05) is 36.9 Å². The third-order valence-corrected chi connectivity index (χ3v) is 5.85. The molecule has 0 spiro atoms. The lowest BCUT2D eigenvalue weighted by Gasteiger charge is -2.24. The molecule has 2 aliphatic rings. The molecule has 2 saturated heterocycles. The van der Waals surface area contributed by atoms with Crippen LogP contribution in [0.2, 0.25) is 0 Å². The number of benzene rings is 1. The Kier molecular flexibility index (Phi) is 8.04. The maximum Gasteiger partial charge on any atom is 0.123 e. The van der Waals surface area contributed by atoms with Gasteiger partial charge in [0.05, 0.1) is 0 Å². The van der Waals surface area contributed by atoms with Crippen molar-refractivity contribution in [2.24, 2.45) is 5.92 Å². The molecular weight excluding hydrogens is 358 g/mol. The number of hydrogen-bond acceptors (Lipinski definition) is 5. The molecule has 0 aliphatic carbocycles. The highest BCUT2D eigenvalue weighted by molar-refractivity contribution is 5.34. The number of anilines is 1. The number of aryl methyl sites for hydroxylation is 1. The Morgan fingerprint density at radius 3 is 2.62 bits per heavy atom. The average molecular weight is 396 g/mol. The summed E-state index contributed by atoms with van der Waals surface area (Å²) in [6, 6.07) is 16.5. The maximum absolute atomic E-state index is 5.93. The molecule has 4 unspecified atom stereocenters. The van der Waals surface area contributed by atoms with Crippen molar-refractivity contribution in [2.75, 3.05) is 25.4 Å². The summed E-state index contributed by atoms with van der Waals surface area (Å²) in [4.78, 5) is 4.53. The van der Waals surface area contributed by atoms with Crippen LogP contribution in [0.25, 0.3) is 0 Å². The fourth-order valence-electron chi connectivity index (χ4n) is 4.59. The van der Waals surface area contributed by atoms with E-state index in [1.54, 1.807) is 0 Å². The summed E-state index contributed by atoms with van der Waals surface area (Å²) in [5, 5.41) is 11.2. The first-order valence-electron chi connectivity index (χ1n) is 11.1. The standard InChI is InChI=1S/C22H31N5.C2H6/c1-15-7-19(27-22(23)8-15)10-17-12-24-14-21(17)26-20-11-18(25-13-20)9-16-5-3-2-4-6-16;1-2/h2-8,17-18,20-21,24-26H,9-14H2,1H3,(H2,23,27);1-2H3. The molecule has 0 radical (unpaired) electrons. The number of rotatable bonds is 6. The zero-order valence-electron chi connectivity index (χ0n) is 18.1. The van der Waals surface area contributed by atoms with Crippen LogP contribution in [0.5, 0.6) is 0 Å². The van der Waals surface area contributed by atoms with E-state index in [9.17, 15) is 0 Å². The van der Waals surface area contributed by atoms with E-state index < -0.39 is 0 Å². The first kappa shape index (κ1) is 21.8. The molecule has 1 aromatic carbocycles. The fraction of sp³-hybridized carbons (Fsp3) is 0.542. The van der Waals surface area contributed by atoms with Crippen LogP contribution in [0.4, 0.5) is 5.82 Å². The first-order valence-corrected chi connectivity index (χ1v) is 11.1. The molecule has 4 atom stereocenters. The van der Waals surface area contributed by atoms with Gasteiger partial charge in [-0.25, -0.2) is 4.98 Å². The Balaban J connectivity index is 0.00000117. The van der Waals surface area contributed by atoms with Gasteiger partial charge in [0.1, 0.15) is 5.82 Å². The van der Waals surface area contributed by atoms with E-state index in [1.165, 1.54) is 17.5 Å². The molecule has 5 heteroatoms. The Hall–Kier alpha value is -1.95. The van der Waals surface area contributed by atoms with Gasteiger partial charge in [0.2, 0.25) is 0 Å². The van der Waals surface area contributed by atoms with Crippen molar-refractivity contribution >= 4 is 5.82 Å². The van der Waals surface area contributed by atoms with E-state index in [0.717, 1.165) is 38.2 Å². The third kappa shape index (κ3) is 6.26. The van der Waals surface area contributed by atoms with Gasteiger partial charge in [-0.15, -0.1) is 0 Å². The lowest BCUT2D eigenvalue weighted by molar-refractivity contribution is 0.378. The second kappa shape index (κ2) is 10.7. The molecule has 158 valence electrons. The van der Waals surface area contributed by atoms with E-state index in [-0.39, 0.29) is 0 Å². The number of hydrogen-bond donors (Lipinski definition) is 4. The lowest BCUT2D eigenvalue weighted by atomic mass is 9.95. The molecule has 29 heavy (non-hydrogen) atoms. The molecule has 0 saturated carbocycles. The molecule has 0 amide bonds. The Morgan fingerprint density at radius 1 is 1.07 bits per heavy atom. The van der Waals surface area contributed by atoms with E-state index in [2.05, 4.69) is 64.3 Å². The van der Waals surface area contributed by atoms with Crippen LogP contribution in [0.1, 0.15) is 37.1 Å². The SMILES string of the molecule is CC.Cc1cc(N)nc(CC2CNCC2NC2CNC(Cc3ccccc3)C2)c1. The zero-order chi connectivity index (χ0) is 20.6. The van der Waals surface area contributed by atoms with Crippen LogP contribution < -0.4 is 21.7 Å². The molecule has 5 N–H and O–H groups in total. The van der Waals surface area contributed by atoms with Gasteiger partial charge in [-0.2, -0.15) is 0 Å². The van der Waals surface area contributed by atoms with Crippen molar-refractivity contribution in [1.82, 2.24) is 20.9 Å². The number of pyridine rings is 1. The van der Waals surface area contributed by atoms with Gasteiger partial charge in [-0.05, 0) is 61.9 Å².